The van der Waals surface area contributed by atoms with E-state index in [1.54, 1.807) is 16.1 Å². The second-order valence-electron chi connectivity index (χ2n) is 7.72. The lowest BCUT2D eigenvalue weighted by atomic mass is 9.97. The van der Waals surface area contributed by atoms with Crippen LogP contribution in [0.15, 0.2) is 53.4 Å². The van der Waals surface area contributed by atoms with Crippen LogP contribution in [0, 0.1) is 19.3 Å². The molecule has 2 aromatic heterocycles. The van der Waals surface area contributed by atoms with Crippen molar-refractivity contribution in [1.29, 1.82) is 0 Å². The largest absolute Gasteiger partial charge is 0.331 e. The van der Waals surface area contributed by atoms with Gasteiger partial charge in [-0.2, -0.15) is 0 Å². The molecule has 0 atom stereocenters. The molecule has 29 heavy (non-hydrogen) atoms. The third-order valence-corrected chi connectivity index (χ3v) is 7.66. The van der Waals surface area contributed by atoms with Gasteiger partial charge in [0.25, 0.3) is 10.0 Å². The molecule has 4 nitrogen and oxygen atoms in total. The molecule has 5 rings (SSSR count). The predicted octanol–water partition coefficient (Wildman–Crippen LogP) is 4.65. The molecule has 146 valence electrons. The number of rotatable bonds is 3. The van der Waals surface area contributed by atoms with E-state index < -0.39 is 10.0 Å². The first-order chi connectivity index (χ1) is 14.0. The summed E-state index contributed by atoms with van der Waals surface area (Å²) in [5, 5.41) is 0.933. The molecule has 0 N–H and O–H groups in total. The molecule has 0 saturated heterocycles. The zero-order chi connectivity index (χ0) is 20.2. The van der Waals surface area contributed by atoms with Gasteiger partial charge in [-0.05, 0) is 56.4 Å². The number of hydrogen-bond acceptors (Lipinski definition) is 2. The summed E-state index contributed by atoms with van der Waals surface area (Å²) in [4.78, 5) is 0.306. The number of hydrogen-bond donors (Lipinski definition) is 0. The molecule has 2 heterocycles. The highest BCUT2D eigenvalue weighted by atomic mass is 32.2. The van der Waals surface area contributed by atoms with Crippen molar-refractivity contribution in [2.24, 2.45) is 0 Å². The number of benzene rings is 2. The van der Waals surface area contributed by atoms with Crippen LogP contribution in [0.2, 0.25) is 0 Å². The Labute approximate surface area is 170 Å². The molecule has 0 bridgehead atoms. The highest BCUT2D eigenvalue weighted by molar-refractivity contribution is 7.90. The molecule has 0 aliphatic heterocycles. The van der Waals surface area contributed by atoms with E-state index in [1.807, 2.05) is 43.3 Å². The van der Waals surface area contributed by atoms with Gasteiger partial charge >= 0.3 is 0 Å². The van der Waals surface area contributed by atoms with E-state index in [-0.39, 0.29) is 0 Å². The summed E-state index contributed by atoms with van der Waals surface area (Å²) < 4.78 is 31.3. The second-order valence-corrected chi connectivity index (χ2v) is 9.51. The highest BCUT2D eigenvalue weighted by Gasteiger charge is 2.30. The number of terminal acetylenes is 1. The summed E-state index contributed by atoms with van der Waals surface area (Å²) >= 11 is 0. The monoisotopic (exact) mass is 402 g/mol. The zero-order valence-corrected chi connectivity index (χ0v) is 17.2. The lowest BCUT2D eigenvalue weighted by Crippen LogP contribution is -2.14. The summed E-state index contributed by atoms with van der Waals surface area (Å²) in [7, 11) is -3.75. The fourth-order valence-corrected chi connectivity index (χ4v) is 6.19. The Morgan fingerprint density at radius 2 is 1.72 bits per heavy atom. The first-order valence-corrected chi connectivity index (χ1v) is 11.4. The minimum atomic E-state index is -3.75. The topological polar surface area (TPSA) is 44.0 Å². The van der Waals surface area contributed by atoms with Crippen molar-refractivity contribution in [2.75, 3.05) is 0 Å². The molecule has 4 aromatic rings. The van der Waals surface area contributed by atoms with Gasteiger partial charge in [-0.3, -0.25) is 0 Å². The first-order valence-electron chi connectivity index (χ1n) is 9.93. The quantitative estimate of drug-likeness (QED) is 0.468. The molecule has 0 fully saturated rings. The fourth-order valence-electron chi connectivity index (χ4n) is 4.64. The van der Waals surface area contributed by atoms with E-state index in [0.717, 1.165) is 53.2 Å². The first kappa shape index (κ1) is 18.1. The number of aryl methyl sites for hydroxylation is 2. The van der Waals surface area contributed by atoms with Crippen LogP contribution in [0.1, 0.15) is 29.7 Å². The molecule has 5 heteroatoms. The smallest absolute Gasteiger partial charge is 0.268 e. The van der Waals surface area contributed by atoms with E-state index in [4.69, 9.17) is 6.42 Å². The molecule has 0 spiro atoms. The molecular weight excluding hydrogens is 380 g/mol. The van der Waals surface area contributed by atoms with Crippen molar-refractivity contribution in [3.63, 3.8) is 0 Å². The van der Waals surface area contributed by atoms with E-state index in [2.05, 4.69) is 10.5 Å². The van der Waals surface area contributed by atoms with E-state index in [9.17, 15) is 8.42 Å². The molecule has 0 amide bonds. The van der Waals surface area contributed by atoms with Crippen LogP contribution in [0.3, 0.4) is 0 Å². The van der Waals surface area contributed by atoms with Crippen LogP contribution >= 0.6 is 0 Å². The number of nitrogens with zero attached hydrogens (tertiary/aromatic N) is 2. The van der Waals surface area contributed by atoms with Crippen LogP contribution < -0.4 is 0 Å². The van der Waals surface area contributed by atoms with Crippen molar-refractivity contribution < 1.29 is 8.42 Å². The Morgan fingerprint density at radius 1 is 1.00 bits per heavy atom. The van der Waals surface area contributed by atoms with Crippen LogP contribution in [0.4, 0.5) is 0 Å². The Kier molecular flexibility index (Phi) is 4.07. The van der Waals surface area contributed by atoms with Gasteiger partial charge in [-0.15, -0.1) is 6.42 Å². The number of aromatic nitrogens is 2. The molecule has 0 radical (unpaired) electrons. The Morgan fingerprint density at radius 3 is 2.48 bits per heavy atom. The van der Waals surface area contributed by atoms with Gasteiger partial charge in [-0.1, -0.05) is 41.8 Å². The maximum Gasteiger partial charge on any atom is 0.268 e. The van der Waals surface area contributed by atoms with Crippen molar-refractivity contribution >= 4 is 32.0 Å². The number of para-hydroxylation sites is 1. The third-order valence-electron chi connectivity index (χ3n) is 5.93. The van der Waals surface area contributed by atoms with E-state index >= 15 is 0 Å². The fraction of sp³-hybridized carbons (Fsp3) is 0.250. The average molecular weight is 403 g/mol. The SMILES string of the molecule is C#CCn1c2c(c3c1c1ccccc1n3S(=O)(=O)c1ccc(C)cc1)CCCC2. The number of fused-ring (bicyclic) bond motifs is 5. The minimum absolute atomic E-state index is 0.306. The summed E-state index contributed by atoms with van der Waals surface area (Å²) in [6.45, 7) is 2.40. The van der Waals surface area contributed by atoms with Crippen LogP contribution in [0.5, 0.6) is 0 Å². The van der Waals surface area contributed by atoms with E-state index in [1.165, 1.54) is 5.69 Å². The molecule has 1 aliphatic carbocycles. The summed E-state index contributed by atoms with van der Waals surface area (Å²) in [6.07, 6.45) is 9.67. The summed E-state index contributed by atoms with van der Waals surface area (Å²) in [5.74, 6) is 2.77. The Balaban J connectivity index is 1.95. The van der Waals surface area contributed by atoms with Gasteiger partial charge < -0.3 is 4.57 Å². The van der Waals surface area contributed by atoms with Crippen LogP contribution in [-0.4, -0.2) is 17.0 Å². The van der Waals surface area contributed by atoms with Gasteiger partial charge in [0.1, 0.15) is 0 Å². The molecule has 1 aliphatic rings. The maximum absolute atomic E-state index is 13.8. The summed E-state index contributed by atoms with van der Waals surface area (Å²) in [6, 6.07) is 14.8. The van der Waals surface area contributed by atoms with Crippen molar-refractivity contribution in [3.05, 3.63) is 65.4 Å². The van der Waals surface area contributed by atoms with E-state index in [0.29, 0.717) is 17.0 Å². The van der Waals surface area contributed by atoms with Crippen molar-refractivity contribution in [3.8, 4) is 12.3 Å². The van der Waals surface area contributed by atoms with Gasteiger partial charge in [0.2, 0.25) is 0 Å². The average Bonchev–Trinajstić information content (AvgIpc) is 3.23. The van der Waals surface area contributed by atoms with Crippen LogP contribution in [-0.2, 0) is 29.4 Å². The van der Waals surface area contributed by atoms with Crippen molar-refractivity contribution in [1.82, 2.24) is 8.54 Å². The van der Waals surface area contributed by atoms with Crippen molar-refractivity contribution in [2.45, 2.75) is 44.0 Å². The standard InChI is InChI=1S/C24H22N2O2S/c1-3-16-25-21-10-6-4-8-19(21)24-23(25)20-9-5-7-11-22(20)26(24)29(27,28)18-14-12-17(2)13-15-18/h1,5,7,9,11-15H,4,6,8,10,16H2,2H3. The Hall–Kier alpha value is -2.97. The minimum Gasteiger partial charge on any atom is -0.331 e. The van der Waals surface area contributed by atoms with Crippen LogP contribution in [0.25, 0.3) is 21.9 Å². The normalized spacial score (nSPS) is 14.2. The third kappa shape index (κ3) is 2.56. The van der Waals surface area contributed by atoms with Gasteiger partial charge in [0.15, 0.2) is 0 Å². The zero-order valence-electron chi connectivity index (χ0n) is 16.4. The molecule has 0 unspecified atom stereocenters. The lowest BCUT2D eigenvalue weighted by molar-refractivity contribution is 0.590. The highest BCUT2D eigenvalue weighted by Crippen LogP contribution is 2.40. The predicted molar refractivity (Wildman–Crippen MR) is 117 cm³/mol. The van der Waals surface area contributed by atoms with Gasteiger partial charge in [0.05, 0.1) is 28.0 Å². The lowest BCUT2D eigenvalue weighted by Gasteiger charge is -2.16. The Bertz CT molecular complexity index is 1400. The maximum atomic E-state index is 13.8. The molecular formula is C24H22N2O2S. The summed E-state index contributed by atoms with van der Waals surface area (Å²) in [5.41, 5.74) is 5.81. The van der Waals surface area contributed by atoms with Gasteiger partial charge in [0, 0.05) is 11.1 Å². The second kappa shape index (κ2) is 6.53. The molecule has 0 saturated carbocycles. The van der Waals surface area contributed by atoms with Gasteiger partial charge in [-0.25, -0.2) is 12.4 Å². The molecule has 2 aromatic carbocycles.